The molecular weight excluding hydrogens is 569 g/mol. The first-order valence-electron chi connectivity index (χ1n) is 11.6. The van der Waals surface area contributed by atoms with Crippen LogP contribution in [0.5, 0.6) is 5.75 Å². The fourth-order valence-corrected chi connectivity index (χ4v) is 4.72. The molecule has 3 amide bonds. The van der Waals surface area contributed by atoms with Crippen LogP contribution in [-0.4, -0.2) is 11.9 Å². The van der Waals surface area contributed by atoms with Gasteiger partial charge in [-0.2, -0.15) is 0 Å². The van der Waals surface area contributed by atoms with Crippen molar-refractivity contribution in [1.29, 1.82) is 0 Å². The molecule has 4 aromatic rings. The van der Waals surface area contributed by atoms with Gasteiger partial charge in [-0.15, -0.1) is 0 Å². The maximum Gasteiger partial charge on any atom is 0.326 e. The first-order chi connectivity index (χ1) is 18.5. The molecule has 0 aliphatic rings. The molecule has 2 N–H and O–H groups in total. The lowest BCUT2D eigenvalue weighted by Gasteiger charge is -2.30. The Kier molecular flexibility index (Phi) is 8.45. The number of hydrogen-bond acceptors (Lipinski definition) is 3. The number of nitrogens with one attached hydrogen (secondary N) is 2. The fourth-order valence-electron chi connectivity index (χ4n) is 3.98. The van der Waals surface area contributed by atoms with Crippen LogP contribution in [0, 0.1) is 11.6 Å². The molecule has 0 saturated heterocycles. The Labute approximate surface area is 238 Å². The fraction of sp³-hybridized carbons (Fsp3) is 0.103. The quantitative estimate of drug-likeness (QED) is 0.236. The molecule has 0 fully saturated rings. The lowest BCUT2D eigenvalue weighted by molar-refractivity contribution is 0.0958. The lowest BCUT2D eigenvalue weighted by atomic mass is 9.89. The standard InChI is InChI=1S/C29H21Cl3F2N2O3/c1-29(2,20-12-11-17(30)13-19(20)16-7-4-3-5-8-16)39-26-21(31)14-18(15-22(26)32)35-28(38)36-27(37)25-23(33)9-6-10-24(25)34/h3-15H,1-2H3,(H2,35,36,37,38). The minimum atomic E-state index is -1.25. The average molecular weight is 590 g/mol. The van der Waals surface area contributed by atoms with Crippen molar-refractivity contribution in [2.24, 2.45) is 0 Å². The van der Waals surface area contributed by atoms with E-state index in [9.17, 15) is 18.4 Å². The molecule has 200 valence electrons. The third-order valence-electron chi connectivity index (χ3n) is 5.75. The summed E-state index contributed by atoms with van der Waals surface area (Å²) < 4.78 is 34.0. The number of ether oxygens (including phenoxy) is 1. The van der Waals surface area contributed by atoms with Gasteiger partial charge in [-0.25, -0.2) is 13.6 Å². The maximum atomic E-state index is 13.8. The van der Waals surface area contributed by atoms with Gasteiger partial charge in [-0.1, -0.05) is 77.3 Å². The third-order valence-corrected chi connectivity index (χ3v) is 6.54. The van der Waals surface area contributed by atoms with Gasteiger partial charge in [0.1, 0.15) is 22.8 Å². The van der Waals surface area contributed by atoms with Crippen LogP contribution in [0.2, 0.25) is 15.1 Å². The molecule has 0 atom stereocenters. The number of hydrogen-bond donors (Lipinski definition) is 2. The van der Waals surface area contributed by atoms with Crippen molar-refractivity contribution in [3.63, 3.8) is 0 Å². The Bertz CT molecular complexity index is 1520. The average Bonchev–Trinajstić information content (AvgIpc) is 2.86. The molecule has 10 heteroatoms. The summed E-state index contributed by atoms with van der Waals surface area (Å²) in [5.41, 5.74) is 0.944. The Morgan fingerprint density at radius 3 is 2.05 bits per heavy atom. The Balaban J connectivity index is 1.55. The van der Waals surface area contributed by atoms with E-state index in [-0.39, 0.29) is 21.5 Å². The van der Waals surface area contributed by atoms with Crippen LogP contribution in [0.4, 0.5) is 19.3 Å². The molecule has 0 aromatic heterocycles. The Morgan fingerprint density at radius 1 is 0.821 bits per heavy atom. The van der Waals surface area contributed by atoms with Gasteiger partial charge in [-0.3, -0.25) is 10.1 Å². The molecule has 0 bridgehead atoms. The number of rotatable bonds is 6. The number of carbonyl (C=O) groups is 2. The van der Waals surface area contributed by atoms with Gasteiger partial charge in [0.2, 0.25) is 0 Å². The first-order valence-corrected chi connectivity index (χ1v) is 12.7. The zero-order valence-electron chi connectivity index (χ0n) is 20.6. The van der Waals surface area contributed by atoms with Crippen molar-refractivity contribution in [2.45, 2.75) is 19.4 Å². The number of urea groups is 1. The molecule has 0 radical (unpaired) electrons. The molecule has 0 heterocycles. The van der Waals surface area contributed by atoms with Crippen molar-refractivity contribution in [3.8, 4) is 16.9 Å². The van der Waals surface area contributed by atoms with Crippen LogP contribution in [0.1, 0.15) is 29.8 Å². The van der Waals surface area contributed by atoms with Gasteiger partial charge in [0.05, 0.1) is 10.0 Å². The van der Waals surface area contributed by atoms with Crippen molar-refractivity contribution in [3.05, 3.63) is 117 Å². The summed E-state index contributed by atoms with van der Waals surface area (Å²) in [6.07, 6.45) is 0. The van der Waals surface area contributed by atoms with Crippen LogP contribution in [0.3, 0.4) is 0 Å². The Morgan fingerprint density at radius 2 is 1.44 bits per heavy atom. The van der Waals surface area contributed by atoms with Crippen LogP contribution < -0.4 is 15.4 Å². The van der Waals surface area contributed by atoms with Gasteiger partial charge in [0.15, 0.2) is 5.75 Å². The SMILES string of the molecule is CC(C)(Oc1c(Cl)cc(NC(=O)NC(=O)c2c(F)cccc2F)cc1Cl)c1ccc(Cl)cc1-c1ccccc1. The summed E-state index contributed by atoms with van der Waals surface area (Å²) in [6, 6.07) is 19.8. The minimum Gasteiger partial charge on any atom is -0.480 e. The van der Waals surface area contributed by atoms with Crippen molar-refractivity contribution in [1.82, 2.24) is 5.32 Å². The number of carbonyl (C=O) groups excluding carboxylic acids is 2. The van der Waals surface area contributed by atoms with Crippen LogP contribution in [0.15, 0.2) is 78.9 Å². The predicted octanol–water partition coefficient (Wildman–Crippen LogP) is 8.87. The zero-order chi connectivity index (χ0) is 28.3. The predicted molar refractivity (Wildman–Crippen MR) is 150 cm³/mol. The zero-order valence-corrected chi connectivity index (χ0v) is 22.9. The molecule has 0 aliphatic heterocycles. The molecule has 0 unspecified atom stereocenters. The third kappa shape index (κ3) is 6.50. The van der Waals surface area contributed by atoms with Gasteiger partial charge >= 0.3 is 6.03 Å². The molecule has 0 spiro atoms. The molecule has 0 saturated carbocycles. The number of anilines is 1. The highest BCUT2D eigenvalue weighted by Crippen LogP contribution is 2.42. The van der Waals surface area contributed by atoms with E-state index < -0.39 is 34.7 Å². The van der Waals surface area contributed by atoms with Gasteiger partial charge in [0, 0.05) is 16.3 Å². The van der Waals surface area contributed by atoms with Crippen molar-refractivity contribution < 1.29 is 23.1 Å². The van der Waals surface area contributed by atoms with E-state index in [1.54, 1.807) is 6.07 Å². The summed E-state index contributed by atoms with van der Waals surface area (Å²) in [6.45, 7) is 3.70. The largest absolute Gasteiger partial charge is 0.480 e. The second kappa shape index (κ2) is 11.6. The summed E-state index contributed by atoms with van der Waals surface area (Å²) in [5, 5.41) is 4.95. The van der Waals surface area contributed by atoms with E-state index >= 15 is 0 Å². The summed E-state index contributed by atoms with van der Waals surface area (Å²) in [4.78, 5) is 24.5. The molecule has 4 rings (SSSR count). The smallest absolute Gasteiger partial charge is 0.326 e. The Hall–Kier alpha value is -3.65. The highest BCUT2D eigenvalue weighted by atomic mass is 35.5. The van der Waals surface area contributed by atoms with E-state index in [0.717, 1.165) is 34.9 Å². The van der Waals surface area contributed by atoms with E-state index in [1.165, 1.54) is 12.1 Å². The van der Waals surface area contributed by atoms with Crippen molar-refractivity contribution >= 4 is 52.4 Å². The van der Waals surface area contributed by atoms with Gasteiger partial charge in [0.25, 0.3) is 5.91 Å². The second-order valence-corrected chi connectivity index (χ2v) is 10.2. The number of benzene rings is 4. The normalized spacial score (nSPS) is 11.2. The van der Waals surface area contributed by atoms with E-state index in [2.05, 4.69) is 5.32 Å². The molecular formula is C29H21Cl3F2N2O3. The van der Waals surface area contributed by atoms with E-state index in [1.807, 2.05) is 61.6 Å². The first kappa shape index (κ1) is 28.4. The topological polar surface area (TPSA) is 67.4 Å². The van der Waals surface area contributed by atoms with E-state index in [4.69, 9.17) is 39.5 Å². The summed E-state index contributed by atoms with van der Waals surface area (Å²) >= 11 is 19.2. The van der Waals surface area contributed by atoms with Crippen LogP contribution in [0.25, 0.3) is 11.1 Å². The molecule has 5 nitrogen and oxygen atoms in total. The van der Waals surface area contributed by atoms with Gasteiger partial charge in [-0.05, 0) is 61.4 Å². The summed E-state index contributed by atoms with van der Waals surface area (Å²) in [7, 11) is 0. The number of amides is 3. The van der Waals surface area contributed by atoms with Crippen LogP contribution >= 0.6 is 34.8 Å². The van der Waals surface area contributed by atoms with Gasteiger partial charge < -0.3 is 10.1 Å². The van der Waals surface area contributed by atoms with Crippen molar-refractivity contribution in [2.75, 3.05) is 5.32 Å². The van der Waals surface area contributed by atoms with Crippen LogP contribution in [-0.2, 0) is 5.60 Å². The highest BCUT2D eigenvalue weighted by Gasteiger charge is 2.29. The minimum absolute atomic E-state index is 0.0765. The lowest BCUT2D eigenvalue weighted by Crippen LogP contribution is -2.35. The molecule has 39 heavy (non-hydrogen) atoms. The monoisotopic (exact) mass is 588 g/mol. The molecule has 4 aromatic carbocycles. The highest BCUT2D eigenvalue weighted by molar-refractivity contribution is 6.37. The second-order valence-electron chi connectivity index (χ2n) is 8.94. The maximum absolute atomic E-state index is 13.8. The summed E-state index contributed by atoms with van der Waals surface area (Å²) in [5.74, 6) is -3.30. The van der Waals surface area contributed by atoms with E-state index in [0.29, 0.717) is 5.02 Å². The molecule has 0 aliphatic carbocycles. The number of imide groups is 1. The number of halogens is 5.